The van der Waals surface area contributed by atoms with Crippen LogP contribution in [-0.2, 0) is 7.05 Å². The van der Waals surface area contributed by atoms with Crippen LogP contribution in [0.25, 0.3) is 0 Å². The molecule has 0 saturated carbocycles. The second-order valence-electron chi connectivity index (χ2n) is 22.6. The topological polar surface area (TPSA) is 8.81 Å². The van der Waals surface area contributed by atoms with Gasteiger partial charge in [0.05, 0.1) is 7.05 Å². The molecule has 0 aromatic carbocycles. The van der Waals surface area contributed by atoms with E-state index in [0.717, 1.165) is 5.92 Å². The predicted octanol–water partition coefficient (Wildman–Crippen LogP) is 23.0. The minimum atomic E-state index is 0.692. The van der Waals surface area contributed by atoms with E-state index in [4.69, 9.17) is 0 Å². The maximum absolute atomic E-state index is 2.57. The molecule has 0 aliphatic heterocycles. The standard InChI is InChI=1S/C64H127N2/c1-5-8-11-14-17-20-23-26-29-32-35-38-41-44-47-50-55-63(56-51-48-45-42-39-36-33-30-27-24-21-18-15-12-9-6-2)57-53-54-59-64(66-61-60-65(4)62-66)58-52-49-46-43-40-37-34-31-28-25-22-19-16-13-10-7-3/h60-64H,5-59H2,1-4H3/q+1. The molecule has 0 N–H and O–H groups in total. The summed E-state index contributed by atoms with van der Waals surface area (Å²) in [5, 5.41) is 0. The highest BCUT2D eigenvalue weighted by Gasteiger charge is 2.17. The first-order valence-corrected chi connectivity index (χ1v) is 31.7. The van der Waals surface area contributed by atoms with Gasteiger partial charge in [0, 0.05) is 0 Å². The Balaban J connectivity index is 2.32. The Morgan fingerprint density at radius 2 is 0.470 bits per heavy atom. The maximum Gasteiger partial charge on any atom is 0.243 e. The molecule has 0 aliphatic carbocycles. The van der Waals surface area contributed by atoms with Gasteiger partial charge in [-0.05, 0) is 31.6 Å². The van der Waals surface area contributed by atoms with E-state index in [2.05, 4.69) is 55.7 Å². The summed E-state index contributed by atoms with van der Waals surface area (Å²) in [6, 6.07) is 0.692. The summed E-state index contributed by atoms with van der Waals surface area (Å²) in [6.07, 6.45) is 87.5. The van der Waals surface area contributed by atoms with Crippen LogP contribution >= 0.6 is 0 Å². The van der Waals surface area contributed by atoms with Crippen molar-refractivity contribution in [3.8, 4) is 0 Å². The average molecular weight is 925 g/mol. The third kappa shape index (κ3) is 45.6. The lowest BCUT2D eigenvalue weighted by atomic mass is 9.89. The average Bonchev–Trinajstić information content (AvgIpc) is 3.77. The summed E-state index contributed by atoms with van der Waals surface area (Å²) in [5.41, 5.74) is 0. The molecule has 0 saturated heterocycles. The molecular weight excluding hydrogens is 797 g/mol. The smallest absolute Gasteiger partial charge is 0.240 e. The molecule has 1 aromatic heterocycles. The Hall–Kier alpha value is -0.790. The van der Waals surface area contributed by atoms with Crippen molar-refractivity contribution >= 4 is 0 Å². The van der Waals surface area contributed by atoms with Crippen LogP contribution in [-0.4, -0.2) is 4.57 Å². The van der Waals surface area contributed by atoms with Crippen LogP contribution in [0, 0.1) is 5.92 Å². The van der Waals surface area contributed by atoms with Gasteiger partial charge in [-0.15, -0.1) is 0 Å². The van der Waals surface area contributed by atoms with E-state index >= 15 is 0 Å². The van der Waals surface area contributed by atoms with Crippen molar-refractivity contribution < 1.29 is 4.57 Å². The third-order valence-corrected chi connectivity index (χ3v) is 15.9. The van der Waals surface area contributed by atoms with Gasteiger partial charge in [-0.3, -0.25) is 0 Å². The second kappa shape index (κ2) is 53.6. The molecule has 0 radical (unpaired) electrons. The minimum absolute atomic E-state index is 0.692. The largest absolute Gasteiger partial charge is 0.243 e. The molecule has 1 rings (SSSR count). The summed E-state index contributed by atoms with van der Waals surface area (Å²) < 4.78 is 4.82. The summed E-state index contributed by atoms with van der Waals surface area (Å²) >= 11 is 0. The third-order valence-electron chi connectivity index (χ3n) is 15.9. The summed E-state index contributed by atoms with van der Waals surface area (Å²) in [7, 11) is 2.20. The molecule has 2 nitrogen and oxygen atoms in total. The van der Waals surface area contributed by atoms with Crippen molar-refractivity contribution in [2.75, 3.05) is 0 Å². The van der Waals surface area contributed by atoms with Crippen LogP contribution in [0.3, 0.4) is 0 Å². The fourth-order valence-electron chi connectivity index (χ4n) is 11.3. The van der Waals surface area contributed by atoms with Crippen LogP contribution in [0.15, 0.2) is 18.7 Å². The van der Waals surface area contributed by atoms with Gasteiger partial charge in [-0.2, -0.15) is 0 Å². The van der Waals surface area contributed by atoms with Gasteiger partial charge < -0.3 is 0 Å². The Kier molecular flexibility index (Phi) is 51.3. The van der Waals surface area contributed by atoms with E-state index in [9.17, 15) is 0 Å². The summed E-state index contributed by atoms with van der Waals surface area (Å²) in [6.45, 7) is 6.97. The zero-order valence-corrected chi connectivity index (χ0v) is 46.7. The lowest BCUT2D eigenvalue weighted by molar-refractivity contribution is -0.671. The van der Waals surface area contributed by atoms with Crippen molar-refractivity contribution in [2.45, 2.75) is 380 Å². The van der Waals surface area contributed by atoms with Crippen LogP contribution in [0.2, 0.25) is 0 Å². The van der Waals surface area contributed by atoms with Crippen molar-refractivity contribution in [3.63, 3.8) is 0 Å². The van der Waals surface area contributed by atoms with Gasteiger partial charge in [0.1, 0.15) is 18.4 Å². The quantitative estimate of drug-likeness (QED) is 0.0455. The van der Waals surface area contributed by atoms with Crippen molar-refractivity contribution in [2.24, 2.45) is 13.0 Å². The van der Waals surface area contributed by atoms with E-state index in [-0.39, 0.29) is 0 Å². The number of aromatic nitrogens is 2. The highest BCUT2D eigenvalue weighted by atomic mass is 15.1. The molecular formula is C64H127N2+. The van der Waals surface area contributed by atoms with Crippen molar-refractivity contribution in [3.05, 3.63) is 18.7 Å². The number of aryl methyl sites for hydroxylation is 1. The molecule has 66 heavy (non-hydrogen) atoms. The number of rotatable bonds is 57. The first-order valence-electron chi connectivity index (χ1n) is 31.7. The van der Waals surface area contributed by atoms with Gasteiger partial charge >= 0.3 is 0 Å². The molecule has 0 amide bonds. The molecule has 0 spiro atoms. The number of imidazole rings is 1. The molecule has 392 valence electrons. The Labute approximate surface area is 419 Å². The van der Waals surface area contributed by atoms with Gasteiger partial charge in [-0.1, -0.05) is 348 Å². The van der Waals surface area contributed by atoms with E-state index in [1.807, 2.05) is 0 Å². The Morgan fingerprint density at radius 1 is 0.273 bits per heavy atom. The molecule has 0 bridgehead atoms. The highest BCUT2D eigenvalue weighted by Crippen LogP contribution is 2.28. The molecule has 1 atom stereocenters. The molecule has 2 heteroatoms. The highest BCUT2D eigenvalue weighted by molar-refractivity contribution is 4.76. The Bertz CT molecular complexity index is 976. The molecule has 0 aliphatic rings. The lowest BCUT2D eigenvalue weighted by Gasteiger charge is -2.18. The molecule has 1 heterocycles. The Morgan fingerprint density at radius 3 is 0.697 bits per heavy atom. The molecule has 1 aromatic rings. The van der Waals surface area contributed by atoms with Gasteiger partial charge in [0.15, 0.2) is 0 Å². The number of hydrogen-bond acceptors (Lipinski definition) is 0. The van der Waals surface area contributed by atoms with Crippen LogP contribution in [0.1, 0.15) is 380 Å². The van der Waals surface area contributed by atoms with E-state index in [1.165, 1.54) is 353 Å². The normalized spacial score (nSPS) is 12.3. The van der Waals surface area contributed by atoms with Gasteiger partial charge in [-0.25, -0.2) is 9.13 Å². The SMILES string of the molecule is CCCCCCCCCCCCCCCCCCC(CCCCCCCCCCCCCCCCCC)CCCCC(CCCCCCCCCCCCCCCCCC)n1cc[n+](C)c1. The fourth-order valence-corrected chi connectivity index (χ4v) is 11.3. The first-order chi connectivity index (χ1) is 32.7. The summed E-state index contributed by atoms with van der Waals surface area (Å²) in [5.74, 6) is 0.978. The van der Waals surface area contributed by atoms with Crippen LogP contribution in [0.4, 0.5) is 0 Å². The van der Waals surface area contributed by atoms with Crippen molar-refractivity contribution in [1.29, 1.82) is 0 Å². The zero-order valence-electron chi connectivity index (χ0n) is 46.7. The van der Waals surface area contributed by atoms with Crippen LogP contribution < -0.4 is 4.57 Å². The lowest BCUT2D eigenvalue weighted by Crippen LogP contribution is -2.24. The molecule has 1 unspecified atom stereocenters. The van der Waals surface area contributed by atoms with E-state index in [1.54, 1.807) is 0 Å². The van der Waals surface area contributed by atoms with Gasteiger partial charge in [0.25, 0.3) is 0 Å². The predicted molar refractivity (Wildman–Crippen MR) is 299 cm³/mol. The van der Waals surface area contributed by atoms with Gasteiger partial charge in [0.2, 0.25) is 6.33 Å². The van der Waals surface area contributed by atoms with Crippen molar-refractivity contribution in [1.82, 2.24) is 4.57 Å². The minimum Gasteiger partial charge on any atom is -0.240 e. The molecule has 0 fully saturated rings. The number of unbranched alkanes of at least 4 members (excludes halogenated alkanes) is 46. The van der Waals surface area contributed by atoms with E-state index < -0.39 is 0 Å². The number of hydrogen-bond donors (Lipinski definition) is 0. The second-order valence-corrected chi connectivity index (χ2v) is 22.6. The maximum atomic E-state index is 2.57. The first kappa shape index (κ1) is 63.2. The van der Waals surface area contributed by atoms with Crippen LogP contribution in [0.5, 0.6) is 0 Å². The monoisotopic (exact) mass is 924 g/mol. The van der Waals surface area contributed by atoms with E-state index in [0.29, 0.717) is 6.04 Å². The number of nitrogens with zero attached hydrogens (tertiary/aromatic N) is 2. The summed E-state index contributed by atoms with van der Waals surface area (Å²) in [4.78, 5) is 0. The fraction of sp³-hybridized carbons (Fsp3) is 0.953. The zero-order chi connectivity index (χ0) is 47.3.